The van der Waals surface area contributed by atoms with E-state index in [4.69, 9.17) is 4.74 Å². The SMILES string of the molecule is CC1CCN(CCCNC(=O)NCc2cccnc2OC(C)C)CC1. The van der Waals surface area contributed by atoms with Crippen molar-refractivity contribution in [1.29, 1.82) is 0 Å². The van der Waals surface area contributed by atoms with E-state index in [0.717, 1.165) is 24.4 Å². The largest absolute Gasteiger partial charge is 0.475 e. The highest BCUT2D eigenvalue weighted by atomic mass is 16.5. The first-order valence-corrected chi connectivity index (χ1v) is 9.39. The Morgan fingerprint density at radius 1 is 1.36 bits per heavy atom. The first-order chi connectivity index (χ1) is 12.0. The standard InChI is InChI=1S/C19H32N4O2/c1-15(2)25-18-17(6-4-9-20-18)14-22-19(24)21-10-5-11-23-12-7-16(3)8-13-23/h4,6,9,15-16H,5,7-8,10-14H2,1-3H3,(H2,21,22,24). The average molecular weight is 348 g/mol. The average Bonchev–Trinajstić information content (AvgIpc) is 2.59. The lowest BCUT2D eigenvalue weighted by atomic mass is 9.99. The lowest BCUT2D eigenvalue weighted by Crippen LogP contribution is -2.38. The predicted molar refractivity (Wildman–Crippen MR) is 99.7 cm³/mol. The van der Waals surface area contributed by atoms with Crippen LogP contribution in [-0.2, 0) is 6.54 Å². The Balaban J connectivity index is 1.63. The molecule has 2 N–H and O–H groups in total. The maximum Gasteiger partial charge on any atom is 0.315 e. The van der Waals surface area contributed by atoms with Crippen molar-refractivity contribution in [3.63, 3.8) is 0 Å². The molecule has 1 aromatic rings. The molecule has 0 aromatic carbocycles. The normalized spacial score (nSPS) is 16.0. The van der Waals surface area contributed by atoms with E-state index in [1.165, 1.54) is 25.9 Å². The van der Waals surface area contributed by atoms with Crippen LogP contribution in [0.5, 0.6) is 5.88 Å². The van der Waals surface area contributed by atoms with E-state index in [1.807, 2.05) is 26.0 Å². The lowest BCUT2D eigenvalue weighted by Gasteiger charge is -2.30. The first-order valence-electron chi connectivity index (χ1n) is 9.39. The molecule has 2 amide bonds. The fourth-order valence-corrected chi connectivity index (χ4v) is 2.92. The minimum absolute atomic E-state index is 0.0558. The molecule has 25 heavy (non-hydrogen) atoms. The molecule has 0 spiro atoms. The zero-order valence-corrected chi connectivity index (χ0v) is 15.8. The maximum atomic E-state index is 11.9. The van der Waals surface area contributed by atoms with Crippen LogP contribution in [0, 0.1) is 5.92 Å². The summed E-state index contributed by atoms with van der Waals surface area (Å²) in [6.45, 7) is 10.8. The molecule has 140 valence electrons. The molecule has 0 bridgehead atoms. The number of urea groups is 1. The van der Waals surface area contributed by atoms with Crippen LogP contribution in [0.3, 0.4) is 0 Å². The quantitative estimate of drug-likeness (QED) is 0.709. The monoisotopic (exact) mass is 348 g/mol. The Morgan fingerprint density at radius 3 is 2.84 bits per heavy atom. The molecule has 0 radical (unpaired) electrons. The number of amides is 2. The highest BCUT2D eigenvalue weighted by molar-refractivity contribution is 5.73. The third kappa shape index (κ3) is 7.30. The minimum atomic E-state index is -0.147. The van der Waals surface area contributed by atoms with Gasteiger partial charge < -0.3 is 20.3 Å². The number of pyridine rings is 1. The summed E-state index contributed by atoms with van der Waals surface area (Å²) in [5.74, 6) is 1.44. The summed E-state index contributed by atoms with van der Waals surface area (Å²) in [4.78, 5) is 18.7. The fourth-order valence-electron chi connectivity index (χ4n) is 2.92. The number of aromatic nitrogens is 1. The molecule has 1 aliphatic heterocycles. The third-order valence-electron chi connectivity index (χ3n) is 4.45. The smallest absolute Gasteiger partial charge is 0.315 e. The summed E-state index contributed by atoms with van der Waals surface area (Å²) in [5.41, 5.74) is 0.883. The number of nitrogens with one attached hydrogen (secondary N) is 2. The molecular weight excluding hydrogens is 316 g/mol. The van der Waals surface area contributed by atoms with Gasteiger partial charge in [0, 0.05) is 24.8 Å². The van der Waals surface area contributed by atoms with Crippen molar-refractivity contribution in [3.8, 4) is 5.88 Å². The topological polar surface area (TPSA) is 66.5 Å². The highest BCUT2D eigenvalue weighted by Crippen LogP contribution is 2.16. The van der Waals surface area contributed by atoms with Crippen molar-refractivity contribution in [2.45, 2.75) is 52.7 Å². The van der Waals surface area contributed by atoms with Gasteiger partial charge in [0.15, 0.2) is 0 Å². The highest BCUT2D eigenvalue weighted by Gasteiger charge is 2.15. The van der Waals surface area contributed by atoms with Crippen LogP contribution in [0.1, 0.15) is 45.6 Å². The number of likely N-dealkylation sites (tertiary alicyclic amines) is 1. The summed E-state index contributed by atoms with van der Waals surface area (Å²) < 4.78 is 5.66. The number of piperidine rings is 1. The molecule has 1 fully saturated rings. The number of hydrogen-bond donors (Lipinski definition) is 2. The summed E-state index contributed by atoms with van der Waals surface area (Å²) >= 11 is 0. The van der Waals surface area contributed by atoms with Crippen LogP contribution in [0.15, 0.2) is 18.3 Å². The molecule has 1 saturated heterocycles. The number of ether oxygens (including phenoxy) is 1. The van der Waals surface area contributed by atoms with E-state index in [-0.39, 0.29) is 12.1 Å². The van der Waals surface area contributed by atoms with Gasteiger partial charge in [-0.2, -0.15) is 0 Å². The van der Waals surface area contributed by atoms with Crippen LogP contribution in [0.4, 0.5) is 4.79 Å². The van der Waals surface area contributed by atoms with Crippen LogP contribution >= 0.6 is 0 Å². The number of hydrogen-bond acceptors (Lipinski definition) is 4. The van der Waals surface area contributed by atoms with Gasteiger partial charge in [0.05, 0.1) is 6.10 Å². The molecule has 0 aliphatic carbocycles. The summed E-state index contributed by atoms with van der Waals surface area (Å²) in [5, 5.41) is 5.80. The molecular formula is C19H32N4O2. The van der Waals surface area contributed by atoms with E-state index in [9.17, 15) is 4.79 Å². The molecule has 1 aromatic heterocycles. The van der Waals surface area contributed by atoms with E-state index < -0.39 is 0 Å². The summed E-state index contributed by atoms with van der Waals surface area (Å²) in [6.07, 6.45) is 5.32. The van der Waals surface area contributed by atoms with Crippen molar-refractivity contribution in [2.24, 2.45) is 5.92 Å². The molecule has 0 saturated carbocycles. The van der Waals surface area contributed by atoms with Crippen LogP contribution < -0.4 is 15.4 Å². The predicted octanol–water partition coefficient (Wildman–Crippen LogP) is 2.79. The number of carbonyl (C=O) groups excluding carboxylic acids is 1. The van der Waals surface area contributed by atoms with Gasteiger partial charge in [0.2, 0.25) is 5.88 Å². The van der Waals surface area contributed by atoms with Crippen molar-refractivity contribution >= 4 is 6.03 Å². The van der Waals surface area contributed by atoms with Gasteiger partial charge in [-0.1, -0.05) is 13.0 Å². The van der Waals surface area contributed by atoms with Crippen molar-refractivity contribution in [2.75, 3.05) is 26.2 Å². The van der Waals surface area contributed by atoms with Crippen LogP contribution in [0.2, 0.25) is 0 Å². The third-order valence-corrected chi connectivity index (χ3v) is 4.45. The van der Waals surface area contributed by atoms with Gasteiger partial charge in [0.25, 0.3) is 0 Å². The van der Waals surface area contributed by atoms with E-state index in [2.05, 4.69) is 27.4 Å². The zero-order valence-electron chi connectivity index (χ0n) is 15.8. The number of rotatable bonds is 8. The number of carbonyl (C=O) groups is 1. The van der Waals surface area contributed by atoms with E-state index in [0.29, 0.717) is 19.0 Å². The first kappa shape index (κ1) is 19.5. The van der Waals surface area contributed by atoms with Gasteiger partial charge in [-0.05, 0) is 64.7 Å². The Labute approximate surface area is 151 Å². The lowest BCUT2D eigenvalue weighted by molar-refractivity contribution is 0.190. The maximum absolute atomic E-state index is 11.9. The number of nitrogens with zero attached hydrogens (tertiary/aromatic N) is 2. The molecule has 0 atom stereocenters. The molecule has 6 heteroatoms. The Kier molecular flexibility index (Phi) is 7.98. The Hall–Kier alpha value is -1.82. The summed E-state index contributed by atoms with van der Waals surface area (Å²) in [6, 6.07) is 3.62. The molecule has 6 nitrogen and oxygen atoms in total. The Morgan fingerprint density at radius 2 is 2.12 bits per heavy atom. The second kappa shape index (κ2) is 10.2. The Bertz CT molecular complexity index is 528. The molecule has 2 heterocycles. The van der Waals surface area contributed by atoms with Crippen LogP contribution in [-0.4, -0.2) is 48.2 Å². The zero-order chi connectivity index (χ0) is 18.1. The van der Waals surface area contributed by atoms with Crippen molar-refractivity contribution in [3.05, 3.63) is 23.9 Å². The van der Waals surface area contributed by atoms with Gasteiger partial charge in [-0.3, -0.25) is 0 Å². The van der Waals surface area contributed by atoms with Gasteiger partial charge >= 0.3 is 6.03 Å². The molecule has 2 rings (SSSR count). The second-order valence-corrected chi connectivity index (χ2v) is 7.12. The minimum Gasteiger partial charge on any atom is -0.475 e. The van der Waals surface area contributed by atoms with Crippen molar-refractivity contribution in [1.82, 2.24) is 20.5 Å². The van der Waals surface area contributed by atoms with Gasteiger partial charge in [-0.15, -0.1) is 0 Å². The van der Waals surface area contributed by atoms with Crippen LogP contribution in [0.25, 0.3) is 0 Å². The second-order valence-electron chi connectivity index (χ2n) is 7.12. The molecule has 1 aliphatic rings. The van der Waals surface area contributed by atoms with E-state index in [1.54, 1.807) is 6.20 Å². The summed E-state index contributed by atoms with van der Waals surface area (Å²) in [7, 11) is 0. The van der Waals surface area contributed by atoms with Gasteiger partial charge in [-0.25, -0.2) is 9.78 Å². The molecule has 0 unspecified atom stereocenters. The fraction of sp³-hybridized carbons (Fsp3) is 0.684. The van der Waals surface area contributed by atoms with Gasteiger partial charge in [0.1, 0.15) is 0 Å². The van der Waals surface area contributed by atoms with Crippen molar-refractivity contribution < 1.29 is 9.53 Å². The van der Waals surface area contributed by atoms with E-state index >= 15 is 0 Å².